The van der Waals surface area contributed by atoms with Crippen LogP contribution in [0.4, 0.5) is 16.2 Å². The number of halogens is 1. The van der Waals surface area contributed by atoms with Crippen molar-refractivity contribution in [3.63, 3.8) is 0 Å². The van der Waals surface area contributed by atoms with E-state index in [0.717, 1.165) is 59.5 Å². The Morgan fingerprint density at radius 2 is 2.00 bits per heavy atom. The van der Waals surface area contributed by atoms with Gasteiger partial charge in [-0.2, -0.15) is 5.10 Å². The number of anilines is 2. The molecular weight excluding hydrogens is 445 g/mol. The Bertz CT molecular complexity index is 1530. The minimum atomic E-state index is -0.223. The lowest BCUT2D eigenvalue weighted by molar-refractivity contribution is 0.574. The summed E-state index contributed by atoms with van der Waals surface area (Å²) in [4.78, 5) is 9.23. The molecule has 0 saturated heterocycles. The van der Waals surface area contributed by atoms with Crippen LogP contribution >= 0.6 is 0 Å². The Morgan fingerprint density at radius 1 is 1.11 bits per heavy atom. The normalized spacial score (nSPS) is 12.8. The van der Waals surface area contributed by atoms with E-state index in [1.165, 1.54) is 6.07 Å². The quantitative estimate of drug-likeness (QED) is 0.416. The SMILES string of the molecule is Cc1cnc(Nc2ccnn2C)nc1-c1cc2n(c1)CCCn1c(Cc3ccccc3F)nnc1-2. The average molecular weight is 470 g/mol. The highest BCUT2D eigenvalue weighted by atomic mass is 19.1. The van der Waals surface area contributed by atoms with Crippen LogP contribution in [-0.4, -0.2) is 39.1 Å². The summed E-state index contributed by atoms with van der Waals surface area (Å²) in [6.07, 6.45) is 6.98. The van der Waals surface area contributed by atoms with E-state index in [-0.39, 0.29) is 5.82 Å². The molecule has 0 atom stereocenters. The molecule has 1 N–H and O–H groups in total. The van der Waals surface area contributed by atoms with Crippen molar-refractivity contribution in [2.24, 2.45) is 7.05 Å². The molecule has 5 aromatic rings. The molecule has 5 heterocycles. The van der Waals surface area contributed by atoms with Crippen LogP contribution < -0.4 is 5.32 Å². The molecule has 0 unspecified atom stereocenters. The van der Waals surface area contributed by atoms with Gasteiger partial charge in [-0.3, -0.25) is 4.68 Å². The number of fused-ring (bicyclic) bond motifs is 3. The lowest BCUT2D eigenvalue weighted by Crippen LogP contribution is -2.06. The molecule has 0 aliphatic carbocycles. The van der Waals surface area contributed by atoms with Crippen molar-refractivity contribution in [2.45, 2.75) is 32.9 Å². The summed E-state index contributed by atoms with van der Waals surface area (Å²) in [5.74, 6) is 2.65. The first-order chi connectivity index (χ1) is 17.1. The third-order valence-corrected chi connectivity index (χ3v) is 6.35. The van der Waals surface area contributed by atoms with Crippen LogP contribution in [-0.2, 0) is 26.6 Å². The minimum Gasteiger partial charge on any atom is -0.344 e. The van der Waals surface area contributed by atoms with Crippen LogP contribution in [0.5, 0.6) is 0 Å². The first-order valence-electron chi connectivity index (χ1n) is 11.5. The van der Waals surface area contributed by atoms with Gasteiger partial charge in [0.05, 0.1) is 17.6 Å². The molecule has 35 heavy (non-hydrogen) atoms. The van der Waals surface area contributed by atoms with Gasteiger partial charge in [-0.05, 0) is 36.6 Å². The largest absolute Gasteiger partial charge is 0.344 e. The highest BCUT2D eigenvalue weighted by Crippen LogP contribution is 2.32. The number of benzene rings is 1. The van der Waals surface area contributed by atoms with E-state index in [0.29, 0.717) is 17.9 Å². The van der Waals surface area contributed by atoms with Gasteiger partial charge in [-0.25, -0.2) is 14.4 Å². The van der Waals surface area contributed by atoms with E-state index in [1.807, 2.05) is 32.3 Å². The first-order valence-corrected chi connectivity index (χ1v) is 11.5. The van der Waals surface area contributed by atoms with E-state index in [4.69, 9.17) is 4.98 Å². The zero-order chi connectivity index (χ0) is 23.9. The lowest BCUT2D eigenvalue weighted by atomic mass is 10.1. The first kappa shape index (κ1) is 21.2. The van der Waals surface area contributed by atoms with Crippen LogP contribution in [0.15, 0.2) is 55.0 Å². The van der Waals surface area contributed by atoms with Gasteiger partial charge in [0.1, 0.15) is 17.5 Å². The topological polar surface area (TPSA) is 91.3 Å². The fourth-order valence-electron chi connectivity index (χ4n) is 4.52. The molecule has 6 rings (SSSR count). The second-order valence-corrected chi connectivity index (χ2v) is 8.71. The number of hydrogen-bond acceptors (Lipinski definition) is 6. The van der Waals surface area contributed by atoms with E-state index in [1.54, 1.807) is 23.0 Å². The monoisotopic (exact) mass is 469 g/mol. The van der Waals surface area contributed by atoms with Crippen LogP contribution in [0.3, 0.4) is 0 Å². The molecule has 9 nitrogen and oxygen atoms in total. The van der Waals surface area contributed by atoms with E-state index >= 15 is 0 Å². The number of hydrogen-bond donors (Lipinski definition) is 1. The van der Waals surface area contributed by atoms with Gasteiger partial charge in [-0.15, -0.1) is 10.2 Å². The summed E-state index contributed by atoms with van der Waals surface area (Å²) in [5.41, 5.74) is 4.41. The van der Waals surface area contributed by atoms with Gasteiger partial charge in [0, 0.05) is 50.6 Å². The zero-order valence-corrected chi connectivity index (χ0v) is 19.5. The molecule has 176 valence electrons. The molecule has 0 spiro atoms. The molecular formula is C25H24FN9. The van der Waals surface area contributed by atoms with Crippen molar-refractivity contribution in [1.29, 1.82) is 0 Å². The van der Waals surface area contributed by atoms with Crippen molar-refractivity contribution in [3.05, 3.63) is 77.8 Å². The lowest BCUT2D eigenvalue weighted by Gasteiger charge is -2.09. The van der Waals surface area contributed by atoms with Crippen molar-refractivity contribution in [3.8, 4) is 22.8 Å². The Labute approximate surface area is 201 Å². The summed E-state index contributed by atoms with van der Waals surface area (Å²) in [5, 5.41) is 16.3. The van der Waals surface area contributed by atoms with Crippen molar-refractivity contribution < 1.29 is 4.39 Å². The van der Waals surface area contributed by atoms with Gasteiger partial charge in [-0.1, -0.05) is 18.2 Å². The average Bonchev–Trinajstić information content (AvgIpc) is 3.54. The molecule has 0 radical (unpaired) electrons. The minimum absolute atomic E-state index is 0.223. The number of aryl methyl sites for hydroxylation is 3. The Hall–Kier alpha value is -4.34. The maximum Gasteiger partial charge on any atom is 0.228 e. The number of aromatic nitrogens is 8. The van der Waals surface area contributed by atoms with Crippen molar-refractivity contribution in [1.82, 2.24) is 39.1 Å². The third kappa shape index (κ3) is 3.86. The van der Waals surface area contributed by atoms with Gasteiger partial charge in [0.2, 0.25) is 5.95 Å². The fourth-order valence-corrected chi connectivity index (χ4v) is 4.52. The van der Waals surface area contributed by atoms with Crippen molar-refractivity contribution in [2.75, 3.05) is 5.32 Å². The molecule has 10 heteroatoms. The molecule has 0 amide bonds. The van der Waals surface area contributed by atoms with Crippen LogP contribution in [0.1, 0.15) is 23.4 Å². The third-order valence-electron chi connectivity index (χ3n) is 6.35. The van der Waals surface area contributed by atoms with Crippen molar-refractivity contribution >= 4 is 11.8 Å². The van der Waals surface area contributed by atoms with E-state index < -0.39 is 0 Å². The van der Waals surface area contributed by atoms with Gasteiger partial charge < -0.3 is 14.5 Å². The Balaban J connectivity index is 1.35. The van der Waals surface area contributed by atoms with Crippen LogP contribution in [0.25, 0.3) is 22.8 Å². The van der Waals surface area contributed by atoms with E-state index in [2.05, 4.69) is 47.0 Å². The van der Waals surface area contributed by atoms with Gasteiger partial charge >= 0.3 is 0 Å². The summed E-state index contributed by atoms with van der Waals surface area (Å²) >= 11 is 0. The highest BCUT2D eigenvalue weighted by Gasteiger charge is 2.23. The predicted molar refractivity (Wildman–Crippen MR) is 130 cm³/mol. The molecule has 0 saturated carbocycles. The molecule has 4 aromatic heterocycles. The number of rotatable bonds is 5. The van der Waals surface area contributed by atoms with Gasteiger partial charge in [0.25, 0.3) is 0 Å². The Kier molecular flexibility index (Phi) is 5.13. The maximum absolute atomic E-state index is 14.3. The van der Waals surface area contributed by atoms with Gasteiger partial charge in [0.15, 0.2) is 5.82 Å². The summed E-state index contributed by atoms with van der Waals surface area (Å²) in [6.45, 7) is 3.64. The van der Waals surface area contributed by atoms with Crippen LogP contribution in [0.2, 0.25) is 0 Å². The van der Waals surface area contributed by atoms with E-state index in [9.17, 15) is 4.39 Å². The second-order valence-electron chi connectivity index (χ2n) is 8.71. The molecule has 1 aromatic carbocycles. The maximum atomic E-state index is 14.3. The standard InChI is InChI=1S/C25H24FN9/c1-16-14-27-25(29-21-8-9-28-33(21)2)30-23(16)18-12-20-24-32-31-22(13-17-6-3-4-7-19(17)26)35(24)11-5-10-34(20)15-18/h3-4,6-9,12,14-15H,5,10-11,13H2,1-2H3,(H,27,29,30). The fraction of sp³-hybridized carbons (Fsp3) is 0.240. The highest BCUT2D eigenvalue weighted by molar-refractivity contribution is 5.70. The second kappa shape index (κ2) is 8.46. The number of nitrogens with zero attached hydrogens (tertiary/aromatic N) is 8. The molecule has 1 aliphatic heterocycles. The Morgan fingerprint density at radius 3 is 2.83 bits per heavy atom. The zero-order valence-electron chi connectivity index (χ0n) is 19.5. The smallest absolute Gasteiger partial charge is 0.228 e. The summed E-state index contributed by atoms with van der Waals surface area (Å²) in [7, 11) is 1.86. The molecule has 0 bridgehead atoms. The number of nitrogens with one attached hydrogen (secondary N) is 1. The predicted octanol–water partition coefficient (Wildman–Crippen LogP) is 4.12. The molecule has 1 aliphatic rings. The van der Waals surface area contributed by atoms with Crippen LogP contribution in [0, 0.1) is 12.7 Å². The molecule has 0 fully saturated rings. The summed E-state index contributed by atoms with van der Waals surface area (Å²) in [6, 6.07) is 10.8. The summed E-state index contributed by atoms with van der Waals surface area (Å²) < 4.78 is 20.3.